The largest absolute Gasteiger partial charge is 0.254 e. The molecule has 1 aliphatic heterocycles. The number of nitrogens with zero attached hydrogens (tertiary/aromatic N) is 1. The molecule has 1 fully saturated rings. The zero-order chi connectivity index (χ0) is 5.28. The minimum Gasteiger partial charge on any atom is -0.254 e. The standard InChI is InChI=1S/C4H8BrN2/c1-7-4(5)2-3-6-7/h2,4,6H,3H2,1H3. The average molecular weight is 164 g/mol. The highest BCUT2D eigenvalue weighted by Crippen LogP contribution is 2.09. The summed E-state index contributed by atoms with van der Waals surface area (Å²) >= 11 is 3.41. The van der Waals surface area contributed by atoms with E-state index < -0.39 is 0 Å². The van der Waals surface area contributed by atoms with Crippen LogP contribution in [0.4, 0.5) is 0 Å². The van der Waals surface area contributed by atoms with Crippen molar-refractivity contribution in [2.75, 3.05) is 13.6 Å². The number of hydrogen-bond donors (Lipinski definition) is 1. The Bertz CT molecular complexity index is 58.7. The first-order valence-corrected chi connectivity index (χ1v) is 3.16. The van der Waals surface area contributed by atoms with Gasteiger partial charge in [-0.1, -0.05) is 15.9 Å². The van der Waals surface area contributed by atoms with Crippen molar-refractivity contribution < 1.29 is 0 Å². The Morgan fingerprint density at radius 3 is 2.86 bits per heavy atom. The third-order valence-electron chi connectivity index (χ3n) is 1.02. The van der Waals surface area contributed by atoms with Crippen LogP contribution in [-0.4, -0.2) is 23.6 Å². The fourth-order valence-electron chi connectivity index (χ4n) is 0.539. The van der Waals surface area contributed by atoms with Crippen LogP contribution in [0, 0.1) is 6.42 Å². The maximum Gasteiger partial charge on any atom is 0.0835 e. The lowest BCUT2D eigenvalue weighted by molar-refractivity contribution is 0.304. The van der Waals surface area contributed by atoms with Gasteiger partial charge in [0.15, 0.2) is 0 Å². The molecule has 1 rings (SSSR count). The van der Waals surface area contributed by atoms with Crippen LogP contribution < -0.4 is 5.43 Å². The summed E-state index contributed by atoms with van der Waals surface area (Å²) in [5, 5.41) is 2.01. The van der Waals surface area contributed by atoms with E-state index in [1.54, 1.807) is 0 Å². The van der Waals surface area contributed by atoms with Gasteiger partial charge in [-0.3, -0.25) is 5.43 Å². The van der Waals surface area contributed by atoms with Crippen molar-refractivity contribution in [1.29, 1.82) is 0 Å². The van der Waals surface area contributed by atoms with Gasteiger partial charge in [-0.2, -0.15) is 0 Å². The second-order valence-corrected chi connectivity index (χ2v) is 2.52. The molecule has 7 heavy (non-hydrogen) atoms. The molecule has 3 heteroatoms. The Labute approximate surface area is 52.0 Å². The Morgan fingerprint density at radius 1 is 2.00 bits per heavy atom. The van der Waals surface area contributed by atoms with E-state index in [0.717, 1.165) is 6.54 Å². The van der Waals surface area contributed by atoms with Crippen molar-refractivity contribution in [3.05, 3.63) is 6.42 Å². The highest BCUT2D eigenvalue weighted by Gasteiger charge is 2.15. The van der Waals surface area contributed by atoms with Crippen LogP contribution in [-0.2, 0) is 0 Å². The van der Waals surface area contributed by atoms with E-state index in [1.165, 1.54) is 0 Å². The van der Waals surface area contributed by atoms with Gasteiger partial charge in [0.25, 0.3) is 0 Å². The van der Waals surface area contributed by atoms with E-state index >= 15 is 0 Å². The van der Waals surface area contributed by atoms with E-state index in [1.807, 2.05) is 12.1 Å². The first kappa shape index (κ1) is 5.54. The molecule has 0 aliphatic carbocycles. The van der Waals surface area contributed by atoms with Crippen LogP contribution >= 0.6 is 15.9 Å². The maximum absolute atomic E-state index is 3.41. The van der Waals surface area contributed by atoms with Gasteiger partial charge in [-0.05, 0) is 0 Å². The van der Waals surface area contributed by atoms with Crippen molar-refractivity contribution in [3.8, 4) is 0 Å². The smallest absolute Gasteiger partial charge is 0.0835 e. The fraction of sp³-hybridized carbons (Fsp3) is 0.750. The molecule has 1 heterocycles. The van der Waals surface area contributed by atoms with Crippen LogP contribution in [0.5, 0.6) is 0 Å². The van der Waals surface area contributed by atoms with Gasteiger partial charge in [-0.15, -0.1) is 0 Å². The van der Waals surface area contributed by atoms with E-state index in [-0.39, 0.29) is 0 Å². The molecule has 1 radical (unpaired) electrons. The van der Waals surface area contributed by atoms with E-state index in [9.17, 15) is 0 Å². The Kier molecular flexibility index (Phi) is 1.67. The second-order valence-electron chi connectivity index (χ2n) is 1.58. The number of hydrazine groups is 1. The van der Waals surface area contributed by atoms with Crippen LogP contribution in [0.25, 0.3) is 0 Å². The Balaban J connectivity index is 2.33. The first-order valence-electron chi connectivity index (χ1n) is 2.24. The summed E-state index contributed by atoms with van der Waals surface area (Å²) in [4.78, 5) is 0.424. The molecule has 0 saturated carbocycles. The van der Waals surface area contributed by atoms with Gasteiger partial charge in [0.05, 0.1) is 4.95 Å². The van der Waals surface area contributed by atoms with Crippen LogP contribution in [0.15, 0.2) is 0 Å². The van der Waals surface area contributed by atoms with Gasteiger partial charge in [-0.25, -0.2) is 5.01 Å². The summed E-state index contributed by atoms with van der Waals surface area (Å²) in [6, 6.07) is 0. The van der Waals surface area contributed by atoms with Gasteiger partial charge < -0.3 is 0 Å². The maximum atomic E-state index is 3.41. The molecule has 0 bridgehead atoms. The number of rotatable bonds is 0. The monoisotopic (exact) mass is 163 g/mol. The van der Waals surface area contributed by atoms with Gasteiger partial charge in [0, 0.05) is 20.0 Å². The molecule has 0 spiro atoms. The molecule has 1 unspecified atom stereocenters. The molecule has 1 atom stereocenters. The summed E-state index contributed by atoms with van der Waals surface area (Å²) in [7, 11) is 2.00. The van der Waals surface area contributed by atoms with Crippen molar-refractivity contribution in [3.63, 3.8) is 0 Å². The molecule has 1 aliphatic rings. The lowest BCUT2D eigenvalue weighted by Crippen LogP contribution is -2.29. The lowest BCUT2D eigenvalue weighted by atomic mass is 10.5. The van der Waals surface area contributed by atoms with Crippen molar-refractivity contribution >= 4 is 15.9 Å². The molecule has 0 aromatic heterocycles. The molecular weight excluding hydrogens is 156 g/mol. The fourth-order valence-corrected chi connectivity index (χ4v) is 0.871. The lowest BCUT2D eigenvalue weighted by Gasteiger charge is -2.10. The average Bonchev–Trinajstić information content (AvgIpc) is 1.91. The third-order valence-corrected chi connectivity index (χ3v) is 2.01. The van der Waals surface area contributed by atoms with Crippen LogP contribution in [0.1, 0.15) is 0 Å². The number of nitrogens with one attached hydrogen (secondary N) is 1. The summed E-state index contributed by atoms with van der Waals surface area (Å²) < 4.78 is 0. The van der Waals surface area contributed by atoms with E-state index in [0.29, 0.717) is 4.95 Å². The summed E-state index contributed by atoms with van der Waals surface area (Å²) in [6.07, 6.45) is 2.15. The Hall–Kier alpha value is 0.400. The topological polar surface area (TPSA) is 15.3 Å². The van der Waals surface area contributed by atoms with E-state index in [2.05, 4.69) is 27.8 Å². The van der Waals surface area contributed by atoms with Gasteiger partial charge in [0.2, 0.25) is 0 Å². The predicted octanol–water partition coefficient (Wildman–Crippen LogP) is 0.362. The highest BCUT2D eigenvalue weighted by atomic mass is 79.9. The zero-order valence-electron chi connectivity index (χ0n) is 4.19. The van der Waals surface area contributed by atoms with E-state index in [4.69, 9.17) is 0 Å². The molecule has 1 saturated heterocycles. The minimum atomic E-state index is 0.424. The van der Waals surface area contributed by atoms with Crippen LogP contribution in [0.2, 0.25) is 0 Å². The SMILES string of the molecule is CN1NC[CH]C1Br. The molecule has 1 N–H and O–H groups in total. The predicted molar refractivity (Wildman–Crippen MR) is 32.8 cm³/mol. The zero-order valence-corrected chi connectivity index (χ0v) is 5.77. The van der Waals surface area contributed by atoms with Crippen molar-refractivity contribution in [2.24, 2.45) is 0 Å². The Morgan fingerprint density at radius 2 is 2.71 bits per heavy atom. The number of alkyl halides is 1. The molecule has 0 aromatic carbocycles. The highest BCUT2D eigenvalue weighted by molar-refractivity contribution is 9.09. The summed E-state index contributed by atoms with van der Waals surface area (Å²) in [6.45, 7) is 0.979. The third kappa shape index (κ3) is 1.15. The molecule has 0 aromatic rings. The van der Waals surface area contributed by atoms with Crippen LogP contribution in [0.3, 0.4) is 0 Å². The first-order chi connectivity index (χ1) is 3.30. The molecule has 41 valence electrons. The van der Waals surface area contributed by atoms with Crippen molar-refractivity contribution in [2.45, 2.75) is 4.95 Å². The van der Waals surface area contributed by atoms with Gasteiger partial charge in [0.1, 0.15) is 0 Å². The molecule has 2 nitrogen and oxygen atoms in total. The quantitative estimate of drug-likeness (QED) is 0.410. The number of hydrogen-bond acceptors (Lipinski definition) is 2. The summed E-state index contributed by atoms with van der Waals surface area (Å²) in [5.74, 6) is 0. The second kappa shape index (κ2) is 2.11. The minimum absolute atomic E-state index is 0.424. The van der Waals surface area contributed by atoms with Gasteiger partial charge >= 0.3 is 0 Å². The molecular formula is C4H8BrN2. The summed E-state index contributed by atoms with van der Waals surface area (Å²) in [5.41, 5.74) is 3.10. The normalized spacial score (nSPS) is 34.3. The number of halogens is 1. The molecule has 0 amide bonds. The van der Waals surface area contributed by atoms with Crippen molar-refractivity contribution in [1.82, 2.24) is 10.4 Å².